The van der Waals surface area contributed by atoms with Crippen molar-refractivity contribution in [3.63, 3.8) is 0 Å². The molecular weight excluding hydrogens is 228 g/mol. The summed E-state index contributed by atoms with van der Waals surface area (Å²) in [7, 11) is 0. The fourth-order valence-electron chi connectivity index (χ4n) is 1.88. The Bertz CT molecular complexity index is 268. The summed E-state index contributed by atoms with van der Waals surface area (Å²) in [6.45, 7) is 6.26. The largest absolute Gasteiger partial charge is 0.456 e. The molecule has 0 aromatic rings. The molecule has 0 amide bonds. The molecule has 1 saturated heterocycles. The summed E-state index contributed by atoms with van der Waals surface area (Å²) in [6.07, 6.45) is 0.986. The second-order valence-corrected chi connectivity index (χ2v) is 5.60. The number of esters is 1. The SMILES string of the molecule is CC(C)(C)OC(=O)C(F)(F)CC1CCNCC1. The lowest BCUT2D eigenvalue weighted by Crippen LogP contribution is -2.40. The quantitative estimate of drug-likeness (QED) is 0.780. The maximum absolute atomic E-state index is 13.6. The zero-order chi connectivity index (χ0) is 13.1. The highest BCUT2D eigenvalue weighted by molar-refractivity contribution is 5.77. The number of hydrogen-bond donors (Lipinski definition) is 1. The monoisotopic (exact) mass is 249 g/mol. The van der Waals surface area contributed by atoms with Gasteiger partial charge in [0.2, 0.25) is 0 Å². The van der Waals surface area contributed by atoms with Crippen molar-refractivity contribution in [2.75, 3.05) is 13.1 Å². The highest BCUT2D eigenvalue weighted by Crippen LogP contribution is 2.30. The lowest BCUT2D eigenvalue weighted by atomic mass is 9.91. The molecule has 0 atom stereocenters. The smallest absolute Gasteiger partial charge is 0.377 e. The van der Waals surface area contributed by atoms with Gasteiger partial charge in [0.1, 0.15) is 5.60 Å². The maximum atomic E-state index is 13.6. The molecule has 5 heteroatoms. The van der Waals surface area contributed by atoms with Gasteiger partial charge in [-0.2, -0.15) is 8.78 Å². The van der Waals surface area contributed by atoms with Crippen LogP contribution in [-0.4, -0.2) is 30.6 Å². The second-order valence-electron chi connectivity index (χ2n) is 5.60. The van der Waals surface area contributed by atoms with Crippen LogP contribution in [0.4, 0.5) is 8.78 Å². The van der Waals surface area contributed by atoms with Crippen LogP contribution < -0.4 is 5.32 Å². The van der Waals surface area contributed by atoms with Crippen LogP contribution in [0.2, 0.25) is 0 Å². The van der Waals surface area contributed by atoms with Gasteiger partial charge in [-0.1, -0.05) is 0 Å². The summed E-state index contributed by atoms with van der Waals surface area (Å²) < 4.78 is 32.0. The average Bonchev–Trinajstić information content (AvgIpc) is 2.15. The highest BCUT2D eigenvalue weighted by atomic mass is 19.3. The van der Waals surface area contributed by atoms with E-state index in [-0.39, 0.29) is 5.92 Å². The molecule has 0 unspecified atom stereocenters. The molecule has 0 aliphatic carbocycles. The van der Waals surface area contributed by atoms with E-state index in [4.69, 9.17) is 4.74 Å². The Balaban J connectivity index is 2.51. The van der Waals surface area contributed by atoms with Crippen molar-refractivity contribution in [3.8, 4) is 0 Å². The minimum Gasteiger partial charge on any atom is -0.456 e. The third kappa shape index (κ3) is 4.98. The Kier molecular flexibility index (Phi) is 4.47. The first-order chi connectivity index (χ1) is 7.71. The van der Waals surface area contributed by atoms with Gasteiger partial charge in [-0.25, -0.2) is 4.79 Å². The molecular formula is C12H21F2NO2. The molecule has 0 aromatic carbocycles. The Labute approximate surface area is 101 Å². The Morgan fingerprint density at radius 2 is 1.82 bits per heavy atom. The van der Waals surface area contributed by atoms with Crippen LogP contribution in [0, 0.1) is 5.92 Å². The minimum atomic E-state index is -3.37. The van der Waals surface area contributed by atoms with Gasteiger partial charge < -0.3 is 10.1 Å². The highest BCUT2D eigenvalue weighted by Gasteiger charge is 2.44. The molecule has 0 saturated carbocycles. The molecule has 100 valence electrons. The topological polar surface area (TPSA) is 38.3 Å². The zero-order valence-electron chi connectivity index (χ0n) is 10.7. The summed E-state index contributed by atoms with van der Waals surface area (Å²) in [5, 5.41) is 3.11. The lowest BCUT2D eigenvalue weighted by Gasteiger charge is -2.28. The molecule has 1 aliphatic heterocycles. The molecule has 1 heterocycles. The van der Waals surface area contributed by atoms with Gasteiger partial charge >= 0.3 is 11.9 Å². The van der Waals surface area contributed by atoms with E-state index in [0.717, 1.165) is 13.1 Å². The molecule has 0 spiro atoms. The van der Waals surface area contributed by atoms with Crippen molar-refractivity contribution in [2.24, 2.45) is 5.92 Å². The molecule has 17 heavy (non-hydrogen) atoms. The van der Waals surface area contributed by atoms with Crippen molar-refractivity contribution in [2.45, 2.75) is 51.6 Å². The minimum absolute atomic E-state index is 0.0984. The summed E-state index contributed by atoms with van der Waals surface area (Å²) in [5.74, 6) is -4.86. The molecule has 0 bridgehead atoms. The van der Waals surface area contributed by atoms with Crippen molar-refractivity contribution in [1.29, 1.82) is 0 Å². The number of rotatable bonds is 3. The lowest BCUT2D eigenvalue weighted by molar-refractivity contribution is -0.186. The van der Waals surface area contributed by atoms with Gasteiger partial charge in [0.05, 0.1) is 0 Å². The Hall–Kier alpha value is -0.710. The maximum Gasteiger partial charge on any atom is 0.377 e. The van der Waals surface area contributed by atoms with Gasteiger partial charge in [0.25, 0.3) is 0 Å². The number of nitrogens with one attached hydrogen (secondary N) is 1. The number of ether oxygens (including phenoxy) is 1. The van der Waals surface area contributed by atoms with Gasteiger partial charge in [-0.15, -0.1) is 0 Å². The number of halogens is 2. The molecule has 0 radical (unpaired) electrons. The van der Waals surface area contributed by atoms with Gasteiger partial charge in [0, 0.05) is 6.42 Å². The number of alkyl halides is 2. The van der Waals surface area contributed by atoms with E-state index in [2.05, 4.69) is 5.32 Å². The summed E-state index contributed by atoms with van der Waals surface area (Å²) in [4.78, 5) is 11.4. The molecule has 1 aliphatic rings. The molecule has 1 N–H and O–H groups in total. The first kappa shape index (κ1) is 14.4. The third-order valence-electron chi connectivity index (χ3n) is 2.70. The van der Waals surface area contributed by atoms with Gasteiger partial charge in [-0.05, 0) is 52.6 Å². The van der Waals surface area contributed by atoms with Crippen LogP contribution in [0.1, 0.15) is 40.0 Å². The predicted molar refractivity (Wildman–Crippen MR) is 61.0 cm³/mol. The van der Waals surface area contributed by atoms with E-state index in [9.17, 15) is 13.6 Å². The molecule has 0 aromatic heterocycles. The van der Waals surface area contributed by atoms with Crippen LogP contribution >= 0.6 is 0 Å². The third-order valence-corrected chi connectivity index (χ3v) is 2.70. The Morgan fingerprint density at radius 3 is 2.29 bits per heavy atom. The van der Waals surface area contributed by atoms with E-state index >= 15 is 0 Å². The van der Waals surface area contributed by atoms with E-state index in [1.54, 1.807) is 20.8 Å². The second kappa shape index (κ2) is 5.29. The van der Waals surface area contributed by atoms with E-state index < -0.39 is 23.9 Å². The average molecular weight is 249 g/mol. The first-order valence-corrected chi connectivity index (χ1v) is 6.03. The fourth-order valence-corrected chi connectivity index (χ4v) is 1.88. The normalized spacial score (nSPS) is 19.1. The van der Waals surface area contributed by atoms with Crippen molar-refractivity contribution in [1.82, 2.24) is 5.32 Å². The Morgan fingerprint density at radius 1 is 1.29 bits per heavy atom. The summed E-state index contributed by atoms with van der Waals surface area (Å²) in [5.41, 5.74) is -0.866. The van der Waals surface area contributed by atoms with Crippen molar-refractivity contribution < 1.29 is 18.3 Å². The van der Waals surface area contributed by atoms with Gasteiger partial charge in [-0.3, -0.25) is 0 Å². The van der Waals surface area contributed by atoms with E-state index in [1.165, 1.54) is 0 Å². The number of carbonyl (C=O) groups is 1. The predicted octanol–water partition coefficient (Wildman–Crippen LogP) is 2.35. The molecule has 1 rings (SSSR count). The van der Waals surface area contributed by atoms with Crippen LogP contribution in [-0.2, 0) is 9.53 Å². The first-order valence-electron chi connectivity index (χ1n) is 6.03. The van der Waals surface area contributed by atoms with Gasteiger partial charge in [0.15, 0.2) is 0 Å². The summed E-state index contributed by atoms with van der Waals surface area (Å²) >= 11 is 0. The van der Waals surface area contributed by atoms with E-state index in [0.29, 0.717) is 12.8 Å². The molecule has 3 nitrogen and oxygen atoms in total. The standard InChI is InChI=1S/C12H21F2NO2/c1-11(2,3)17-10(16)12(13,14)8-9-4-6-15-7-5-9/h9,15H,4-8H2,1-3H3. The van der Waals surface area contributed by atoms with Crippen LogP contribution in [0.25, 0.3) is 0 Å². The fraction of sp³-hybridized carbons (Fsp3) is 0.917. The van der Waals surface area contributed by atoms with Crippen LogP contribution in [0.5, 0.6) is 0 Å². The number of carbonyl (C=O) groups excluding carboxylic acids is 1. The van der Waals surface area contributed by atoms with Crippen LogP contribution in [0.3, 0.4) is 0 Å². The molecule has 1 fully saturated rings. The zero-order valence-corrected chi connectivity index (χ0v) is 10.7. The number of hydrogen-bond acceptors (Lipinski definition) is 3. The summed E-state index contributed by atoms with van der Waals surface area (Å²) in [6, 6.07) is 0. The van der Waals surface area contributed by atoms with Crippen LogP contribution in [0.15, 0.2) is 0 Å². The van der Waals surface area contributed by atoms with E-state index in [1.807, 2.05) is 0 Å². The van der Waals surface area contributed by atoms with Crippen molar-refractivity contribution >= 4 is 5.97 Å². The number of piperidine rings is 1. The van der Waals surface area contributed by atoms with Crippen molar-refractivity contribution in [3.05, 3.63) is 0 Å².